The zero-order chi connectivity index (χ0) is 14.1. The molecule has 0 bridgehead atoms. The Kier molecular flexibility index (Phi) is 3.02. The summed E-state index contributed by atoms with van der Waals surface area (Å²) in [6.45, 7) is 0. The Labute approximate surface area is 115 Å². The van der Waals surface area contributed by atoms with E-state index in [1.54, 1.807) is 0 Å². The van der Waals surface area contributed by atoms with E-state index in [1.807, 2.05) is 48.3 Å². The lowest BCUT2D eigenvalue weighted by Crippen LogP contribution is -1.97. The number of rotatable bonds is 4. The number of aliphatic carboxylic acids is 1. The Morgan fingerprint density at radius 2 is 2.20 bits per heavy atom. The minimum absolute atomic E-state index is 0.102. The minimum Gasteiger partial charge on any atom is -0.481 e. The molecular weight excluding hydrogens is 254 g/mol. The van der Waals surface area contributed by atoms with E-state index >= 15 is 0 Å². The predicted octanol–water partition coefficient (Wildman–Crippen LogP) is 2.59. The van der Waals surface area contributed by atoms with E-state index in [4.69, 9.17) is 5.11 Å². The number of hydrogen-bond acceptors (Lipinski definition) is 2. The van der Waals surface area contributed by atoms with Crippen molar-refractivity contribution in [3.8, 4) is 11.4 Å². The number of imidazole rings is 1. The van der Waals surface area contributed by atoms with Gasteiger partial charge in [-0.05, 0) is 6.07 Å². The third-order valence-corrected chi connectivity index (χ3v) is 3.35. The highest BCUT2D eigenvalue weighted by molar-refractivity contribution is 5.93. The molecule has 0 amide bonds. The van der Waals surface area contributed by atoms with Gasteiger partial charge in [-0.3, -0.25) is 4.79 Å². The number of benzene rings is 1. The van der Waals surface area contributed by atoms with Crippen LogP contribution in [0.1, 0.15) is 12.1 Å². The Bertz CT molecular complexity index is 770. The van der Waals surface area contributed by atoms with E-state index in [-0.39, 0.29) is 6.42 Å². The fourth-order valence-corrected chi connectivity index (χ4v) is 2.39. The molecule has 5 heteroatoms. The van der Waals surface area contributed by atoms with Crippen LogP contribution in [0.25, 0.3) is 22.3 Å². The first-order valence-corrected chi connectivity index (χ1v) is 6.45. The van der Waals surface area contributed by atoms with Crippen molar-refractivity contribution >= 4 is 16.9 Å². The molecule has 1 aromatic carbocycles. The zero-order valence-corrected chi connectivity index (χ0v) is 11.1. The smallest absolute Gasteiger partial charge is 0.303 e. The molecule has 0 radical (unpaired) electrons. The predicted molar refractivity (Wildman–Crippen MR) is 76.5 cm³/mol. The van der Waals surface area contributed by atoms with Gasteiger partial charge in [-0.2, -0.15) is 0 Å². The SMILES string of the molecule is Cn1cc(CCC(=O)O)nc1-c1c[nH]c2ccccc12. The number of carboxylic acid groups (broad SMARTS) is 1. The second-order valence-corrected chi connectivity index (χ2v) is 4.81. The number of nitrogens with zero attached hydrogens (tertiary/aromatic N) is 2. The molecule has 102 valence electrons. The van der Waals surface area contributed by atoms with Crippen molar-refractivity contribution in [3.05, 3.63) is 42.4 Å². The first-order chi connectivity index (χ1) is 9.65. The summed E-state index contributed by atoms with van der Waals surface area (Å²) in [7, 11) is 1.92. The summed E-state index contributed by atoms with van der Waals surface area (Å²) < 4.78 is 1.94. The van der Waals surface area contributed by atoms with Gasteiger partial charge in [0.05, 0.1) is 12.1 Å². The van der Waals surface area contributed by atoms with E-state index in [1.165, 1.54) is 0 Å². The van der Waals surface area contributed by atoms with E-state index in [0.717, 1.165) is 28.0 Å². The molecule has 0 spiro atoms. The first kappa shape index (κ1) is 12.5. The summed E-state index contributed by atoms with van der Waals surface area (Å²) in [6, 6.07) is 8.05. The van der Waals surface area contributed by atoms with E-state index < -0.39 is 5.97 Å². The fraction of sp³-hybridized carbons (Fsp3) is 0.200. The van der Waals surface area contributed by atoms with Crippen molar-refractivity contribution in [3.63, 3.8) is 0 Å². The molecule has 0 atom stereocenters. The number of aromatic amines is 1. The molecule has 2 N–H and O–H groups in total. The maximum absolute atomic E-state index is 10.6. The lowest BCUT2D eigenvalue weighted by Gasteiger charge is -1.99. The Morgan fingerprint density at radius 3 is 3.00 bits per heavy atom. The summed E-state index contributed by atoms with van der Waals surface area (Å²) >= 11 is 0. The third kappa shape index (κ3) is 2.18. The van der Waals surface area contributed by atoms with Crippen LogP contribution < -0.4 is 0 Å². The molecule has 0 aliphatic rings. The van der Waals surface area contributed by atoms with Gasteiger partial charge in [0.25, 0.3) is 0 Å². The number of carboxylic acids is 1. The number of fused-ring (bicyclic) bond motifs is 1. The van der Waals surface area contributed by atoms with Crippen LogP contribution in [-0.2, 0) is 18.3 Å². The average molecular weight is 269 g/mol. The van der Waals surface area contributed by atoms with Crippen molar-refractivity contribution in [2.75, 3.05) is 0 Å². The molecule has 3 aromatic rings. The van der Waals surface area contributed by atoms with Crippen molar-refractivity contribution in [1.82, 2.24) is 14.5 Å². The molecule has 0 saturated heterocycles. The second kappa shape index (κ2) is 4.85. The van der Waals surface area contributed by atoms with E-state index in [2.05, 4.69) is 9.97 Å². The fourth-order valence-electron chi connectivity index (χ4n) is 2.39. The molecule has 3 rings (SSSR count). The number of aromatic nitrogens is 3. The molecule has 0 aliphatic heterocycles. The third-order valence-electron chi connectivity index (χ3n) is 3.35. The highest BCUT2D eigenvalue weighted by Crippen LogP contribution is 2.27. The van der Waals surface area contributed by atoms with Crippen LogP contribution in [0.15, 0.2) is 36.7 Å². The quantitative estimate of drug-likeness (QED) is 0.764. The summed E-state index contributed by atoms with van der Waals surface area (Å²) in [5, 5.41) is 9.85. The molecule has 2 heterocycles. The summed E-state index contributed by atoms with van der Waals surface area (Å²) in [5.74, 6) is 0.0483. The molecule has 0 unspecified atom stereocenters. The van der Waals surface area contributed by atoms with Gasteiger partial charge in [0, 0.05) is 42.3 Å². The van der Waals surface area contributed by atoms with Gasteiger partial charge in [0.15, 0.2) is 0 Å². The van der Waals surface area contributed by atoms with Gasteiger partial charge in [-0.25, -0.2) is 4.98 Å². The maximum Gasteiger partial charge on any atom is 0.303 e. The van der Waals surface area contributed by atoms with Gasteiger partial charge >= 0.3 is 5.97 Å². The van der Waals surface area contributed by atoms with Crippen molar-refractivity contribution in [1.29, 1.82) is 0 Å². The largest absolute Gasteiger partial charge is 0.481 e. The maximum atomic E-state index is 10.6. The molecule has 20 heavy (non-hydrogen) atoms. The van der Waals surface area contributed by atoms with Crippen LogP contribution in [0.4, 0.5) is 0 Å². The average Bonchev–Trinajstić information content (AvgIpc) is 2.99. The van der Waals surface area contributed by atoms with Gasteiger partial charge in [0.2, 0.25) is 0 Å². The normalized spacial score (nSPS) is 11.1. The number of para-hydroxylation sites is 1. The number of hydrogen-bond donors (Lipinski definition) is 2. The highest BCUT2D eigenvalue weighted by atomic mass is 16.4. The Hall–Kier alpha value is -2.56. The van der Waals surface area contributed by atoms with Crippen LogP contribution in [0.2, 0.25) is 0 Å². The first-order valence-electron chi connectivity index (χ1n) is 6.45. The minimum atomic E-state index is -0.802. The number of carbonyl (C=O) groups is 1. The Balaban J connectivity index is 1.99. The standard InChI is InChI=1S/C15H15N3O2/c1-18-9-10(6-7-14(19)20)17-15(18)12-8-16-13-5-3-2-4-11(12)13/h2-5,8-9,16H,6-7H2,1H3,(H,19,20). The van der Waals surface area contributed by atoms with Crippen LogP contribution in [0.3, 0.4) is 0 Å². The topological polar surface area (TPSA) is 70.9 Å². The summed E-state index contributed by atoms with van der Waals surface area (Å²) in [6.07, 6.45) is 4.38. The van der Waals surface area contributed by atoms with Crippen LogP contribution in [0, 0.1) is 0 Å². The highest BCUT2D eigenvalue weighted by Gasteiger charge is 2.12. The number of aryl methyl sites for hydroxylation is 2. The summed E-state index contributed by atoms with van der Waals surface area (Å²) in [4.78, 5) is 18.4. The second-order valence-electron chi connectivity index (χ2n) is 4.81. The van der Waals surface area contributed by atoms with Crippen LogP contribution in [-0.4, -0.2) is 25.6 Å². The summed E-state index contributed by atoms with van der Waals surface area (Å²) in [5.41, 5.74) is 2.90. The lowest BCUT2D eigenvalue weighted by molar-refractivity contribution is -0.136. The molecular formula is C15H15N3O2. The monoisotopic (exact) mass is 269 g/mol. The molecule has 0 aliphatic carbocycles. The van der Waals surface area contributed by atoms with Gasteiger partial charge < -0.3 is 14.7 Å². The number of H-pyrrole nitrogens is 1. The number of nitrogens with one attached hydrogen (secondary N) is 1. The molecule has 2 aromatic heterocycles. The molecule has 0 saturated carbocycles. The van der Waals surface area contributed by atoms with Gasteiger partial charge in [-0.1, -0.05) is 18.2 Å². The van der Waals surface area contributed by atoms with Crippen LogP contribution in [0.5, 0.6) is 0 Å². The lowest BCUT2D eigenvalue weighted by atomic mass is 10.1. The van der Waals surface area contributed by atoms with Crippen LogP contribution >= 0.6 is 0 Å². The molecule has 5 nitrogen and oxygen atoms in total. The van der Waals surface area contributed by atoms with Crippen molar-refractivity contribution in [2.24, 2.45) is 7.05 Å². The Morgan fingerprint density at radius 1 is 1.40 bits per heavy atom. The zero-order valence-electron chi connectivity index (χ0n) is 11.1. The van der Waals surface area contributed by atoms with Gasteiger partial charge in [0.1, 0.15) is 5.82 Å². The van der Waals surface area contributed by atoms with Crippen molar-refractivity contribution < 1.29 is 9.90 Å². The van der Waals surface area contributed by atoms with E-state index in [9.17, 15) is 4.79 Å². The van der Waals surface area contributed by atoms with Crippen molar-refractivity contribution in [2.45, 2.75) is 12.8 Å². The van der Waals surface area contributed by atoms with E-state index in [0.29, 0.717) is 6.42 Å². The van der Waals surface area contributed by atoms with Gasteiger partial charge in [-0.15, -0.1) is 0 Å². The molecule has 0 fully saturated rings.